The fraction of sp³-hybridized carbons (Fsp3) is 0.462. The average Bonchev–Trinajstić information content (AvgIpc) is 2.36. The molecule has 100 valence electrons. The lowest BCUT2D eigenvalue weighted by Gasteiger charge is -2.15. The molecule has 1 rings (SSSR count). The standard InChI is InChI=1S/C13H19BrN2O2/c1-3-16(2)13(17)9-18-12-5-4-10(6-7-15)8-11(12)14/h4-5,8H,3,6-7,9,15H2,1-2H3. The van der Waals surface area contributed by atoms with Crippen LogP contribution in [0.2, 0.25) is 0 Å². The molecule has 2 N–H and O–H groups in total. The topological polar surface area (TPSA) is 55.6 Å². The van der Waals surface area contributed by atoms with E-state index in [0.29, 0.717) is 18.8 Å². The van der Waals surface area contributed by atoms with Gasteiger partial charge in [0, 0.05) is 13.6 Å². The number of nitrogens with zero attached hydrogens (tertiary/aromatic N) is 1. The number of amides is 1. The number of likely N-dealkylation sites (N-methyl/N-ethyl adjacent to an activating group) is 1. The first-order valence-electron chi connectivity index (χ1n) is 5.93. The van der Waals surface area contributed by atoms with Crippen molar-refractivity contribution >= 4 is 21.8 Å². The Labute approximate surface area is 116 Å². The summed E-state index contributed by atoms with van der Waals surface area (Å²) in [5, 5.41) is 0. The Hall–Kier alpha value is -1.07. The molecular formula is C13H19BrN2O2. The maximum absolute atomic E-state index is 11.6. The Morgan fingerprint density at radius 1 is 1.50 bits per heavy atom. The van der Waals surface area contributed by atoms with E-state index in [1.807, 2.05) is 25.1 Å². The van der Waals surface area contributed by atoms with Crippen LogP contribution in [0.15, 0.2) is 22.7 Å². The van der Waals surface area contributed by atoms with Crippen molar-refractivity contribution in [3.8, 4) is 5.75 Å². The number of carbonyl (C=O) groups is 1. The van der Waals surface area contributed by atoms with Crippen LogP contribution in [-0.4, -0.2) is 37.6 Å². The summed E-state index contributed by atoms with van der Waals surface area (Å²) >= 11 is 3.43. The van der Waals surface area contributed by atoms with Gasteiger partial charge in [-0.15, -0.1) is 0 Å². The van der Waals surface area contributed by atoms with Crippen LogP contribution in [0, 0.1) is 0 Å². The molecule has 0 aliphatic rings. The van der Waals surface area contributed by atoms with Gasteiger partial charge in [0.1, 0.15) is 5.75 Å². The van der Waals surface area contributed by atoms with Crippen LogP contribution in [0.4, 0.5) is 0 Å². The number of benzene rings is 1. The van der Waals surface area contributed by atoms with Crippen LogP contribution in [0.5, 0.6) is 5.75 Å². The Morgan fingerprint density at radius 2 is 2.22 bits per heavy atom. The molecule has 5 heteroatoms. The van der Waals surface area contributed by atoms with Crippen molar-refractivity contribution in [1.29, 1.82) is 0 Å². The minimum Gasteiger partial charge on any atom is -0.483 e. The molecule has 0 atom stereocenters. The van der Waals surface area contributed by atoms with Gasteiger partial charge in [0.25, 0.3) is 5.91 Å². The third-order valence-electron chi connectivity index (χ3n) is 2.68. The summed E-state index contributed by atoms with van der Waals surface area (Å²) in [5.74, 6) is 0.643. The zero-order chi connectivity index (χ0) is 13.5. The van der Waals surface area contributed by atoms with Gasteiger partial charge in [-0.3, -0.25) is 4.79 Å². The van der Waals surface area contributed by atoms with Crippen LogP contribution in [0.25, 0.3) is 0 Å². The van der Waals surface area contributed by atoms with Crippen LogP contribution >= 0.6 is 15.9 Å². The number of carbonyl (C=O) groups excluding carboxylic acids is 1. The van der Waals surface area contributed by atoms with E-state index >= 15 is 0 Å². The number of nitrogens with two attached hydrogens (primary N) is 1. The van der Waals surface area contributed by atoms with Gasteiger partial charge >= 0.3 is 0 Å². The zero-order valence-corrected chi connectivity index (χ0v) is 12.4. The van der Waals surface area contributed by atoms with Gasteiger partial charge < -0.3 is 15.4 Å². The van der Waals surface area contributed by atoms with E-state index in [2.05, 4.69) is 15.9 Å². The highest BCUT2D eigenvalue weighted by molar-refractivity contribution is 9.10. The second-order valence-corrected chi connectivity index (χ2v) is 4.85. The molecule has 18 heavy (non-hydrogen) atoms. The quantitative estimate of drug-likeness (QED) is 0.871. The molecule has 0 saturated carbocycles. The Kier molecular flexibility index (Phi) is 6.15. The van der Waals surface area contributed by atoms with Crippen LogP contribution in [-0.2, 0) is 11.2 Å². The highest BCUT2D eigenvalue weighted by atomic mass is 79.9. The molecular weight excluding hydrogens is 296 g/mol. The molecule has 0 aliphatic heterocycles. The summed E-state index contributed by atoms with van der Waals surface area (Å²) < 4.78 is 6.33. The highest BCUT2D eigenvalue weighted by Gasteiger charge is 2.09. The number of hydrogen-bond acceptors (Lipinski definition) is 3. The third-order valence-corrected chi connectivity index (χ3v) is 3.30. The Morgan fingerprint density at radius 3 is 2.78 bits per heavy atom. The number of rotatable bonds is 6. The lowest BCUT2D eigenvalue weighted by Crippen LogP contribution is -2.31. The molecule has 0 radical (unpaired) electrons. The van der Waals surface area contributed by atoms with Crippen molar-refractivity contribution < 1.29 is 9.53 Å². The van der Waals surface area contributed by atoms with Crippen LogP contribution in [0.1, 0.15) is 12.5 Å². The first-order chi connectivity index (χ1) is 8.58. The number of halogens is 1. The minimum absolute atomic E-state index is 0.0320. The molecule has 1 aromatic carbocycles. The van der Waals surface area contributed by atoms with Gasteiger partial charge in [-0.05, 0) is 53.5 Å². The van der Waals surface area contributed by atoms with Gasteiger partial charge in [0.2, 0.25) is 0 Å². The lowest BCUT2D eigenvalue weighted by atomic mass is 10.1. The SMILES string of the molecule is CCN(C)C(=O)COc1ccc(CCN)cc1Br. The average molecular weight is 315 g/mol. The summed E-state index contributed by atoms with van der Waals surface area (Å²) in [6, 6.07) is 5.78. The van der Waals surface area contributed by atoms with E-state index in [-0.39, 0.29) is 12.5 Å². The molecule has 0 spiro atoms. The second kappa shape index (κ2) is 7.38. The van der Waals surface area contributed by atoms with Crippen molar-refractivity contribution in [2.24, 2.45) is 5.73 Å². The fourth-order valence-corrected chi connectivity index (χ4v) is 1.95. The van der Waals surface area contributed by atoms with Crippen LogP contribution in [0.3, 0.4) is 0 Å². The summed E-state index contributed by atoms with van der Waals surface area (Å²) in [7, 11) is 1.76. The van der Waals surface area contributed by atoms with Crippen molar-refractivity contribution in [2.45, 2.75) is 13.3 Å². The summed E-state index contributed by atoms with van der Waals surface area (Å²) in [5.41, 5.74) is 6.65. The molecule has 0 aliphatic carbocycles. The predicted octanol–water partition coefficient (Wildman–Crippen LogP) is 1.81. The predicted molar refractivity (Wildman–Crippen MR) is 75.7 cm³/mol. The van der Waals surface area contributed by atoms with E-state index in [1.165, 1.54) is 0 Å². The summed E-state index contributed by atoms with van der Waals surface area (Å²) in [6.45, 7) is 3.28. The first-order valence-corrected chi connectivity index (χ1v) is 6.73. The normalized spacial score (nSPS) is 10.2. The molecule has 4 nitrogen and oxygen atoms in total. The maximum atomic E-state index is 11.6. The molecule has 1 aromatic rings. The maximum Gasteiger partial charge on any atom is 0.260 e. The highest BCUT2D eigenvalue weighted by Crippen LogP contribution is 2.26. The van der Waals surface area contributed by atoms with Gasteiger partial charge in [0.15, 0.2) is 6.61 Å². The summed E-state index contributed by atoms with van der Waals surface area (Å²) in [4.78, 5) is 13.2. The monoisotopic (exact) mass is 314 g/mol. The number of ether oxygens (including phenoxy) is 1. The molecule has 0 bridgehead atoms. The Balaban J connectivity index is 2.60. The second-order valence-electron chi connectivity index (χ2n) is 4.00. The zero-order valence-electron chi connectivity index (χ0n) is 10.8. The van der Waals surface area contributed by atoms with Gasteiger partial charge in [-0.1, -0.05) is 6.07 Å². The third kappa shape index (κ3) is 4.31. The van der Waals surface area contributed by atoms with Crippen molar-refractivity contribution in [1.82, 2.24) is 4.90 Å². The molecule has 0 unspecified atom stereocenters. The van der Waals surface area contributed by atoms with Gasteiger partial charge in [-0.2, -0.15) is 0 Å². The first kappa shape index (κ1) is 15.0. The lowest BCUT2D eigenvalue weighted by molar-refractivity contribution is -0.131. The summed E-state index contributed by atoms with van der Waals surface area (Å²) in [6.07, 6.45) is 0.830. The molecule has 0 fully saturated rings. The van der Waals surface area contributed by atoms with Crippen molar-refractivity contribution in [3.05, 3.63) is 28.2 Å². The van der Waals surface area contributed by atoms with Crippen LogP contribution < -0.4 is 10.5 Å². The van der Waals surface area contributed by atoms with Crippen molar-refractivity contribution in [3.63, 3.8) is 0 Å². The van der Waals surface area contributed by atoms with Gasteiger partial charge in [0.05, 0.1) is 4.47 Å². The molecule has 0 saturated heterocycles. The minimum atomic E-state index is -0.0320. The van der Waals surface area contributed by atoms with E-state index in [0.717, 1.165) is 16.5 Å². The molecule has 0 aromatic heterocycles. The van der Waals surface area contributed by atoms with E-state index in [9.17, 15) is 4.79 Å². The van der Waals surface area contributed by atoms with E-state index in [4.69, 9.17) is 10.5 Å². The smallest absolute Gasteiger partial charge is 0.260 e. The van der Waals surface area contributed by atoms with E-state index in [1.54, 1.807) is 11.9 Å². The Bertz CT molecular complexity index is 410. The van der Waals surface area contributed by atoms with E-state index < -0.39 is 0 Å². The molecule has 1 amide bonds. The largest absolute Gasteiger partial charge is 0.483 e. The van der Waals surface area contributed by atoms with Crippen molar-refractivity contribution in [2.75, 3.05) is 26.7 Å². The number of hydrogen-bond donors (Lipinski definition) is 1. The van der Waals surface area contributed by atoms with Gasteiger partial charge in [-0.25, -0.2) is 0 Å². The fourth-order valence-electron chi connectivity index (χ4n) is 1.41. The molecule has 0 heterocycles.